The molecule has 4 rings (SSSR count). The highest BCUT2D eigenvalue weighted by Gasteiger charge is 2.41. The van der Waals surface area contributed by atoms with E-state index in [0.717, 1.165) is 0 Å². The van der Waals surface area contributed by atoms with Crippen LogP contribution in [0.5, 0.6) is 5.75 Å². The van der Waals surface area contributed by atoms with Crippen LogP contribution in [0.4, 0.5) is 13.2 Å². The third-order valence-corrected chi connectivity index (χ3v) is 7.40. The van der Waals surface area contributed by atoms with Gasteiger partial charge in [-0.25, -0.2) is 8.78 Å². The van der Waals surface area contributed by atoms with Crippen LogP contribution in [0, 0.1) is 29.3 Å². The summed E-state index contributed by atoms with van der Waals surface area (Å²) in [7, 11) is 0. The van der Waals surface area contributed by atoms with Gasteiger partial charge in [0.15, 0.2) is 17.3 Å². The van der Waals surface area contributed by atoms with Crippen LogP contribution in [0.25, 0.3) is 0 Å². The van der Waals surface area contributed by atoms with E-state index in [1.807, 2.05) is 0 Å². The Morgan fingerprint density at radius 2 is 1.73 bits per heavy atom. The summed E-state index contributed by atoms with van der Waals surface area (Å²) < 4.78 is 53.6. The highest BCUT2D eigenvalue weighted by Crippen LogP contribution is 2.40. The Hall–Kier alpha value is -3.68. The summed E-state index contributed by atoms with van der Waals surface area (Å²) in [4.78, 5) is 64.2. The zero-order valence-electron chi connectivity index (χ0n) is 22.7. The van der Waals surface area contributed by atoms with E-state index >= 15 is 0 Å². The van der Waals surface area contributed by atoms with Crippen molar-refractivity contribution in [1.82, 2.24) is 21.3 Å². The van der Waals surface area contributed by atoms with Crippen molar-refractivity contribution in [2.45, 2.75) is 70.1 Å². The molecule has 3 aliphatic rings. The van der Waals surface area contributed by atoms with Crippen LogP contribution in [-0.4, -0.2) is 67.4 Å². The molecule has 3 aliphatic heterocycles. The zero-order chi connectivity index (χ0) is 29.8. The molecule has 2 fully saturated rings. The van der Waals surface area contributed by atoms with Gasteiger partial charge in [-0.2, -0.15) is 4.39 Å². The summed E-state index contributed by atoms with van der Waals surface area (Å²) in [5.74, 6) is -9.99. The topological polar surface area (TPSA) is 152 Å². The third-order valence-electron chi connectivity index (χ3n) is 7.40. The monoisotopic (exact) mass is 582 g/mol. The Morgan fingerprint density at radius 3 is 2.41 bits per heavy atom. The number of hydrogen-bond donors (Lipinski definition) is 4. The third kappa shape index (κ3) is 7.16. The number of halogens is 3. The molecular formula is C27H33F3N4O7. The number of ketones is 1. The lowest BCUT2D eigenvalue weighted by Crippen LogP contribution is -2.56. The SMILES string of the molecule is CC(C)C[C@H](NC(=O)C(=O)NC1CCOCC1)C(=O)N[C@H]1C[C@@H]2CC(NC2=O)c2c(F)cc(F)c(F)c2OCC1=O. The first-order valence-corrected chi connectivity index (χ1v) is 13.6. The number of rotatable bonds is 6. The quantitative estimate of drug-likeness (QED) is 0.288. The van der Waals surface area contributed by atoms with Crippen LogP contribution >= 0.6 is 0 Å². The molecule has 0 aromatic heterocycles. The number of fused-ring (bicyclic) bond motifs is 4. The Balaban J connectivity index is 1.49. The molecule has 4 amide bonds. The van der Waals surface area contributed by atoms with Crippen molar-refractivity contribution in [3.8, 4) is 5.75 Å². The van der Waals surface area contributed by atoms with Gasteiger partial charge in [-0.3, -0.25) is 24.0 Å². The molecular weight excluding hydrogens is 549 g/mol. The number of carbonyl (C=O) groups is 5. The number of carbonyl (C=O) groups excluding carboxylic acids is 5. The molecule has 3 heterocycles. The van der Waals surface area contributed by atoms with Crippen LogP contribution in [0.15, 0.2) is 6.07 Å². The van der Waals surface area contributed by atoms with Crippen molar-refractivity contribution >= 4 is 29.4 Å². The van der Waals surface area contributed by atoms with Crippen LogP contribution in [0.3, 0.4) is 0 Å². The number of amides is 4. The Kier molecular flexibility index (Phi) is 9.51. The predicted octanol–water partition coefficient (Wildman–Crippen LogP) is 0.944. The summed E-state index contributed by atoms with van der Waals surface area (Å²) in [5, 5.41) is 10.1. The maximum atomic E-state index is 14.6. The van der Waals surface area contributed by atoms with E-state index in [9.17, 15) is 37.1 Å². The molecule has 4 atom stereocenters. The summed E-state index contributed by atoms with van der Waals surface area (Å²) >= 11 is 0. The van der Waals surface area contributed by atoms with Gasteiger partial charge in [0.05, 0.1) is 17.6 Å². The lowest BCUT2D eigenvalue weighted by Gasteiger charge is -2.26. The van der Waals surface area contributed by atoms with Crippen molar-refractivity contribution in [3.05, 3.63) is 29.1 Å². The average Bonchev–Trinajstić information content (AvgIpc) is 3.27. The minimum absolute atomic E-state index is 0.0601. The smallest absolute Gasteiger partial charge is 0.309 e. The molecule has 41 heavy (non-hydrogen) atoms. The van der Waals surface area contributed by atoms with E-state index in [-0.39, 0.29) is 31.2 Å². The van der Waals surface area contributed by atoms with Gasteiger partial charge in [-0.15, -0.1) is 0 Å². The Labute approximate surface area is 234 Å². The number of hydrogen-bond acceptors (Lipinski definition) is 7. The van der Waals surface area contributed by atoms with Gasteiger partial charge in [0, 0.05) is 31.2 Å². The number of ether oxygens (including phenoxy) is 2. The second kappa shape index (κ2) is 12.9. The Morgan fingerprint density at radius 1 is 1.02 bits per heavy atom. The first-order valence-electron chi connectivity index (χ1n) is 13.6. The minimum atomic E-state index is -1.52. The maximum Gasteiger partial charge on any atom is 0.309 e. The van der Waals surface area contributed by atoms with Gasteiger partial charge in [0.2, 0.25) is 17.6 Å². The lowest BCUT2D eigenvalue weighted by atomic mass is 9.91. The van der Waals surface area contributed by atoms with Crippen LogP contribution in [-0.2, 0) is 28.7 Å². The van der Waals surface area contributed by atoms with Gasteiger partial charge in [0.1, 0.15) is 18.5 Å². The standard InChI is InChI=1S/C27H33F3N4O7/c1-12(2)7-19(34-27(39)26(38)31-14-3-5-40-6-4-14)25(37)32-17-8-13-9-18(33-24(13)36)21-15(28)10-16(29)22(30)23(21)41-11-20(17)35/h10,12-14,17-19H,3-9,11H2,1-2H3,(H,31,38)(H,32,37)(H,33,36)(H,34,39)/t13-,17+,18?,19+/m1/s1. The largest absolute Gasteiger partial charge is 0.482 e. The molecule has 0 spiro atoms. The second-order valence-corrected chi connectivity index (χ2v) is 11.0. The molecule has 1 unspecified atom stereocenters. The molecule has 4 N–H and O–H groups in total. The minimum Gasteiger partial charge on any atom is -0.482 e. The van der Waals surface area contributed by atoms with E-state index < -0.39 is 88.8 Å². The highest BCUT2D eigenvalue weighted by molar-refractivity contribution is 6.35. The molecule has 2 bridgehead atoms. The van der Waals surface area contributed by atoms with Gasteiger partial charge >= 0.3 is 11.8 Å². The molecule has 11 nitrogen and oxygen atoms in total. The Bertz CT molecular complexity index is 1220. The summed E-state index contributed by atoms with van der Waals surface area (Å²) in [6, 6.07) is -3.43. The number of Topliss-reactive ketones (excluding diaryl/α,β-unsaturated/α-hetero) is 1. The van der Waals surface area contributed by atoms with Crippen LogP contribution < -0.4 is 26.0 Å². The van der Waals surface area contributed by atoms with Gasteiger partial charge in [0.25, 0.3) is 0 Å². The fraction of sp³-hybridized carbons (Fsp3) is 0.593. The summed E-state index contributed by atoms with van der Waals surface area (Å²) in [6.07, 6.45) is 0.982. The molecule has 14 heteroatoms. The molecule has 0 radical (unpaired) electrons. The fourth-order valence-corrected chi connectivity index (χ4v) is 5.28. The molecule has 0 aliphatic carbocycles. The average molecular weight is 583 g/mol. The van der Waals surface area contributed by atoms with E-state index in [4.69, 9.17) is 9.47 Å². The molecule has 1 aromatic carbocycles. The zero-order valence-corrected chi connectivity index (χ0v) is 22.7. The van der Waals surface area contributed by atoms with E-state index in [2.05, 4.69) is 21.3 Å². The fourth-order valence-electron chi connectivity index (χ4n) is 5.28. The van der Waals surface area contributed by atoms with Crippen LogP contribution in [0.1, 0.15) is 57.6 Å². The predicted molar refractivity (Wildman–Crippen MR) is 136 cm³/mol. The van der Waals surface area contributed by atoms with Crippen molar-refractivity contribution in [1.29, 1.82) is 0 Å². The van der Waals surface area contributed by atoms with Gasteiger partial charge in [-0.1, -0.05) is 13.8 Å². The molecule has 1 aromatic rings. The molecule has 0 saturated carbocycles. The molecule has 2 saturated heterocycles. The lowest BCUT2D eigenvalue weighted by molar-refractivity contribution is -0.141. The van der Waals surface area contributed by atoms with E-state index in [0.29, 0.717) is 32.1 Å². The highest BCUT2D eigenvalue weighted by atomic mass is 19.2. The van der Waals surface area contributed by atoms with Crippen molar-refractivity contribution < 1.29 is 46.6 Å². The first kappa shape index (κ1) is 30.3. The number of benzene rings is 1. The summed E-state index contributed by atoms with van der Waals surface area (Å²) in [6.45, 7) is 3.65. The van der Waals surface area contributed by atoms with Crippen LogP contribution in [0.2, 0.25) is 0 Å². The van der Waals surface area contributed by atoms with Crippen molar-refractivity contribution in [3.63, 3.8) is 0 Å². The van der Waals surface area contributed by atoms with Crippen molar-refractivity contribution in [2.24, 2.45) is 11.8 Å². The normalized spacial score (nSPS) is 23.6. The number of nitrogens with one attached hydrogen (secondary N) is 4. The first-order chi connectivity index (χ1) is 19.4. The van der Waals surface area contributed by atoms with E-state index in [1.165, 1.54) is 0 Å². The van der Waals surface area contributed by atoms with Crippen molar-refractivity contribution in [2.75, 3.05) is 19.8 Å². The molecule has 224 valence electrons. The van der Waals surface area contributed by atoms with Gasteiger partial charge < -0.3 is 30.7 Å². The maximum absolute atomic E-state index is 14.6. The second-order valence-electron chi connectivity index (χ2n) is 11.0. The van der Waals surface area contributed by atoms with E-state index in [1.54, 1.807) is 13.8 Å². The summed E-state index contributed by atoms with van der Waals surface area (Å²) in [5.41, 5.74) is -0.395. The van der Waals surface area contributed by atoms with Gasteiger partial charge in [-0.05, 0) is 38.0 Å².